The third kappa shape index (κ3) is 8.64. The molecule has 0 aliphatic heterocycles. The van der Waals surface area contributed by atoms with Gasteiger partial charge in [0.15, 0.2) is 0 Å². The number of esters is 1. The minimum absolute atomic E-state index is 0. The molecule has 0 rings (SSSR count). The number of carboxylic acids is 1. The molecule has 0 spiro atoms. The SMILES string of the molecule is C=CC(=O)OCCC(=O)O.N. The summed E-state index contributed by atoms with van der Waals surface area (Å²) in [6.45, 7) is 3.04. The highest BCUT2D eigenvalue weighted by atomic mass is 16.5. The van der Waals surface area contributed by atoms with Crippen molar-refractivity contribution in [3.63, 3.8) is 0 Å². The van der Waals surface area contributed by atoms with E-state index in [1.165, 1.54) is 0 Å². The third-order valence-electron chi connectivity index (χ3n) is 0.727. The summed E-state index contributed by atoms with van der Waals surface area (Å²) in [5.41, 5.74) is 0. The first-order chi connectivity index (χ1) is 4.66. The molecule has 0 saturated carbocycles. The van der Waals surface area contributed by atoms with Crippen LogP contribution in [0.4, 0.5) is 0 Å². The Morgan fingerprint density at radius 3 is 2.45 bits per heavy atom. The van der Waals surface area contributed by atoms with Gasteiger partial charge >= 0.3 is 11.9 Å². The maximum atomic E-state index is 10.3. The summed E-state index contributed by atoms with van der Waals surface area (Å²) in [4.78, 5) is 20.1. The Morgan fingerprint density at radius 2 is 2.09 bits per heavy atom. The number of carboxylic acid groups (broad SMARTS) is 1. The van der Waals surface area contributed by atoms with Crippen LogP contribution in [0.3, 0.4) is 0 Å². The fraction of sp³-hybridized carbons (Fsp3) is 0.333. The molecule has 0 atom stereocenters. The normalized spacial score (nSPS) is 7.64. The second kappa shape index (κ2) is 6.76. The van der Waals surface area contributed by atoms with Crippen LogP contribution in [-0.4, -0.2) is 23.7 Å². The van der Waals surface area contributed by atoms with Gasteiger partial charge in [-0.15, -0.1) is 0 Å². The van der Waals surface area contributed by atoms with Crippen molar-refractivity contribution in [1.29, 1.82) is 0 Å². The molecule has 0 radical (unpaired) electrons. The lowest BCUT2D eigenvalue weighted by atomic mass is 10.5. The van der Waals surface area contributed by atoms with Gasteiger partial charge in [0.2, 0.25) is 0 Å². The van der Waals surface area contributed by atoms with Gasteiger partial charge in [0.1, 0.15) is 6.61 Å². The summed E-state index contributed by atoms with van der Waals surface area (Å²) in [5, 5.41) is 8.08. The van der Waals surface area contributed by atoms with Crippen molar-refractivity contribution < 1.29 is 19.4 Å². The van der Waals surface area contributed by atoms with Crippen molar-refractivity contribution in [2.45, 2.75) is 6.42 Å². The van der Waals surface area contributed by atoms with E-state index in [0.29, 0.717) is 0 Å². The summed E-state index contributed by atoms with van der Waals surface area (Å²) in [5.74, 6) is -1.59. The number of carbonyl (C=O) groups is 2. The zero-order valence-electron chi connectivity index (χ0n) is 6.08. The highest BCUT2D eigenvalue weighted by Crippen LogP contribution is 1.83. The summed E-state index contributed by atoms with van der Waals surface area (Å²) in [7, 11) is 0. The van der Waals surface area contributed by atoms with Crippen LogP contribution in [0.5, 0.6) is 0 Å². The molecule has 5 nitrogen and oxygen atoms in total. The smallest absolute Gasteiger partial charge is 0.330 e. The second-order valence-corrected chi connectivity index (χ2v) is 1.52. The zero-order chi connectivity index (χ0) is 7.98. The molecule has 0 aromatic heterocycles. The molecule has 5 heteroatoms. The molecule has 4 N–H and O–H groups in total. The molecule has 0 aliphatic carbocycles. The maximum absolute atomic E-state index is 10.3. The van der Waals surface area contributed by atoms with Gasteiger partial charge in [0, 0.05) is 6.08 Å². The standard InChI is InChI=1S/C6H8O4.H3N/c1-2-6(9)10-4-3-5(7)8;/h2H,1,3-4H2,(H,7,8);1H3. The van der Waals surface area contributed by atoms with Gasteiger partial charge in [-0.3, -0.25) is 4.79 Å². The topological polar surface area (TPSA) is 98.6 Å². The molecular weight excluding hydrogens is 150 g/mol. The van der Waals surface area contributed by atoms with E-state index >= 15 is 0 Å². The molecule has 0 aliphatic rings. The monoisotopic (exact) mass is 161 g/mol. The lowest BCUT2D eigenvalue weighted by Gasteiger charge is -1.96. The van der Waals surface area contributed by atoms with Gasteiger partial charge in [-0.2, -0.15) is 0 Å². The van der Waals surface area contributed by atoms with Gasteiger partial charge in [-0.1, -0.05) is 6.58 Å². The lowest BCUT2D eigenvalue weighted by Crippen LogP contribution is -2.06. The van der Waals surface area contributed by atoms with E-state index in [9.17, 15) is 9.59 Å². The Kier molecular flexibility index (Phi) is 7.57. The molecule has 64 valence electrons. The molecule has 0 fully saturated rings. The first kappa shape index (κ1) is 12.3. The number of carbonyl (C=O) groups excluding carboxylic acids is 1. The Balaban J connectivity index is 0. The largest absolute Gasteiger partial charge is 0.481 e. The lowest BCUT2D eigenvalue weighted by molar-refractivity contribution is -0.142. The summed E-state index contributed by atoms with van der Waals surface area (Å²) in [6, 6.07) is 0. The van der Waals surface area contributed by atoms with Crippen molar-refractivity contribution in [2.75, 3.05) is 6.61 Å². The van der Waals surface area contributed by atoms with E-state index in [1.54, 1.807) is 0 Å². The fourth-order valence-corrected chi connectivity index (χ4v) is 0.298. The molecule has 0 amide bonds. The Labute approximate surface area is 64.2 Å². The quantitative estimate of drug-likeness (QED) is 0.458. The molecule has 0 aromatic carbocycles. The van der Waals surface area contributed by atoms with Crippen LogP contribution in [0, 0.1) is 0 Å². The third-order valence-corrected chi connectivity index (χ3v) is 0.727. The number of rotatable bonds is 4. The minimum atomic E-state index is -0.989. The van der Waals surface area contributed by atoms with Crippen LogP contribution < -0.4 is 6.15 Å². The molecule has 0 bridgehead atoms. The van der Waals surface area contributed by atoms with Crippen molar-refractivity contribution in [3.05, 3.63) is 12.7 Å². The Bertz CT molecular complexity index is 155. The van der Waals surface area contributed by atoms with Crippen LogP contribution in [0.15, 0.2) is 12.7 Å². The number of hydrogen-bond acceptors (Lipinski definition) is 4. The molecule has 0 heterocycles. The van der Waals surface area contributed by atoms with Crippen LogP contribution in [0.25, 0.3) is 0 Å². The predicted octanol–water partition coefficient (Wildman–Crippen LogP) is 0.352. The second-order valence-electron chi connectivity index (χ2n) is 1.52. The molecule has 11 heavy (non-hydrogen) atoms. The first-order valence-electron chi connectivity index (χ1n) is 2.68. The van der Waals surface area contributed by atoms with E-state index in [4.69, 9.17) is 5.11 Å². The molecule has 0 unspecified atom stereocenters. The van der Waals surface area contributed by atoms with E-state index in [-0.39, 0.29) is 19.2 Å². The average molecular weight is 161 g/mol. The summed E-state index contributed by atoms with van der Waals surface area (Å²) in [6.07, 6.45) is 0.821. The van der Waals surface area contributed by atoms with Gasteiger partial charge in [-0.25, -0.2) is 4.79 Å². The van der Waals surface area contributed by atoms with E-state index in [2.05, 4.69) is 11.3 Å². The van der Waals surface area contributed by atoms with Crippen LogP contribution in [0.1, 0.15) is 6.42 Å². The van der Waals surface area contributed by atoms with Gasteiger partial charge < -0.3 is 16.0 Å². The zero-order valence-corrected chi connectivity index (χ0v) is 6.08. The van der Waals surface area contributed by atoms with Crippen molar-refractivity contribution >= 4 is 11.9 Å². The van der Waals surface area contributed by atoms with Gasteiger partial charge in [-0.05, 0) is 0 Å². The van der Waals surface area contributed by atoms with Crippen molar-refractivity contribution in [2.24, 2.45) is 0 Å². The van der Waals surface area contributed by atoms with E-state index in [1.807, 2.05) is 0 Å². The average Bonchev–Trinajstić information content (AvgIpc) is 1.87. The van der Waals surface area contributed by atoms with Gasteiger partial charge in [0.25, 0.3) is 0 Å². The Hall–Kier alpha value is -1.36. The van der Waals surface area contributed by atoms with Crippen molar-refractivity contribution in [3.8, 4) is 0 Å². The number of aliphatic carboxylic acids is 1. The Morgan fingerprint density at radius 1 is 1.55 bits per heavy atom. The van der Waals surface area contributed by atoms with Gasteiger partial charge in [0.05, 0.1) is 6.42 Å². The summed E-state index contributed by atoms with van der Waals surface area (Å²) < 4.78 is 4.36. The number of hydrogen-bond donors (Lipinski definition) is 2. The van der Waals surface area contributed by atoms with Crippen LogP contribution in [-0.2, 0) is 14.3 Å². The molecule has 0 aromatic rings. The van der Waals surface area contributed by atoms with Crippen LogP contribution in [0.2, 0.25) is 0 Å². The first-order valence-corrected chi connectivity index (χ1v) is 2.68. The maximum Gasteiger partial charge on any atom is 0.330 e. The van der Waals surface area contributed by atoms with Crippen LogP contribution >= 0.6 is 0 Å². The highest BCUT2D eigenvalue weighted by Gasteiger charge is 1.98. The summed E-state index contributed by atoms with van der Waals surface area (Å²) >= 11 is 0. The highest BCUT2D eigenvalue weighted by molar-refractivity contribution is 5.81. The number of ether oxygens (including phenoxy) is 1. The van der Waals surface area contributed by atoms with E-state index in [0.717, 1.165) is 6.08 Å². The predicted molar refractivity (Wildman–Crippen MR) is 38.4 cm³/mol. The van der Waals surface area contributed by atoms with Crippen molar-refractivity contribution in [1.82, 2.24) is 6.15 Å². The minimum Gasteiger partial charge on any atom is -0.481 e. The van der Waals surface area contributed by atoms with E-state index < -0.39 is 11.9 Å². The fourth-order valence-electron chi connectivity index (χ4n) is 0.298. The molecular formula is C6H11NO4. The molecule has 0 saturated heterocycles.